The molecular formula is C23H18N2O2S. The van der Waals surface area contributed by atoms with Crippen LogP contribution >= 0.6 is 11.3 Å². The number of nitrogens with zero attached hydrogens (tertiary/aromatic N) is 1. The Kier molecular flexibility index (Phi) is 5.17. The van der Waals surface area contributed by atoms with Gasteiger partial charge in [-0.05, 0) is 29.8 Å². The van der Waals surface area contributed by atoms with Gasteiger partial charge in [-0.1, -0.05) is 54.6 Å². The average Bonchev–Trinajstić information content (AvgIpc) is 3.24. The highest BCUT2D eigenvalue weighted by atomic mass is 32.1. The molecule has 0 atom stereocenters. The summed E-state index contributed by atoms with van der Waals surface area (Å²) < 4.78 is 0. The smallest absolute Gasteiger partial charge is 0.335 e. The topological polar surface area (TPSA) is 62.2 Å². The number of carbonyl (C=O) groups is 1. The molecule has 0 aliphatic rings. The molecule has 1 heterocycles. The predicted molar refractivity (Wildman–Crippen MR) is 114 cm³/mol. The van der Waals surface area contributed by atoms with Crippen LogP contribution in [0.3, 0.4) is 0 Å². The average molecular weight is 386 g/mol. The molecule has 0 aliphatic heterocycles. The summed E-state index contributed by atoms with van der Waals surface area (Å²) in [6.07, 6.45) is 0. The van der Waals surface area contributed by atoms with Gasteiger partial charge in [-0.2, -0.15) is 0 Å². The number of benzene rings is 3. The van der Waals surface area contributed by atoms with E-state index in [1.165, 1.54) is 0 Å². The van der Waals surface area contributed by atoms with Crippen molar-refractivity contribution in [3.05, 3.63) is 95.4 Å². The Bertz CT molecular complexity index is 1070. The van der Waals surface area contributed by atoms with Crippen LogP contribution in [0.1, 0.15) is 15.9 Å². The third-order valence-electron chi connectivity index (χ3n) is 4.40. The second-order valence-corrected chi connectivity index (χ2v) is 7.20. The Morgan fingerprint density at radius 1 is 0.893 bits per heavy atom. The first kappa shape index (κ1) is 17.9. The lowest BCUT2D eigenvalue weighted by Crippen LogP contribution is -2.01. The molecule has 3 aromatic carbocycles. The molecule has 0 aliphatic carbocycles. The molecule has 2 N–H and O–H groups in total. The molecule has 4 rings (SSSR count). The zero-order valence-corrected chi connectivity index (χ0v) is 15.8. The zero-order chi connectivity index (χ0) is 19.3. The van der Waals surface area contributed by atoms with Crippen molar-refractivity contribution in [1.82, 2.24) is 4.98 Å². The quantitative estimate of drug-likeness (QED) is 0.440. The Balaban J connectivity index is 1.41. The molecule has 138 valence electrons. The molecule has 0 bridgehead atoms. The molecule has 0 unspecified atom stereocenters. The number of carboxylic acid groups (broad SMARTS) is 1. The summed E-state index contributed by atoms with van der Waals surface area (Å²) in [4.78, 5) is 15.6. The second-order valence-electron chi connectivity index (χ2n) is 6.34. The number of rotatable bonds is 6. The Morgan fingerprint density at radius 2 is 1.61 bits per heavy atom. The van der Waals surface area contributed by atoms with Crippen LogP contribution in [0.2, 0.25) is 0 Å². The van der Waals surface area contributed by atoms with Crippen molar-refractivity contribution in [1.29, 1.82) is 0 Å². The summed E-state index contributed by atoms with van der Waals surface area (Å²) in [6, 6.07) is 25.2. The summed E-state index contributed by atoms with van der Waals surface area (Å²) in [5.41, 5.74) is 5.51. The number of hydrogen-bond acceptors (Lipinski definition) is 4. The van der Waals surface area contributed by atoms with Crippen molar-refractivity contribution < 1.29 is 9.90 Å². The fourth-order valence-electron chi connectivity index (χ4n) is 2.85. The van der Waals surface area contributed by atoms with Crippen molar-refractivity contribution in [2.24, 2.45) is 0 Å². The van der Waals surface area contributed by atoms with E-state index < -0.39 is 5.97 Å². The second kappa shape index (κ2) is 8.06. The molecular weight excluding hydrogens is 368 g/mol. The maximum atomic E-state index is 10.9. The van der Waals surface area contributed by atoms with Gasteiger partial charge in [0.2, 0.25) is 0 Å². The third-order valence-corrected chi connectivity index (χ3v) is 5.29. The molecule has 28 heavy (non-hydrogen) atoms. The minimum absolute atomic E-state index is 0.297. The monoisotopic (exact) mass is 386 g/mol. The van der Waals surface area contributed by atoms with Crippen molar-refractivity contribution in [3.8, 4) is 21.8 Å². The van der Waals surface area contributed by atoms with E-state index in [0.29, 0.717) is 12.1 Å². The van der Waals surface area contributed by atoms with E-state index in [2.05, 4.69) is 35.0 Å². The first-order chi connectivity index (χ1) is 13.7. The maximum absolute atomic E-state index is 10.9. The highest BCUT2D eigenvalue weighted by molar-refractivity contribution is 7.13. The normalized spacial score (nSPS) is 10.6. The van der Waals surface area contributed by atoms with Gasteiger partial charge in [0.15, 0.2) is 0 Å². The Labute approximate surface area is 167 Å². The van der Waals surface area contributed by atoms with Crippen LogP contribution in [0, 0.1) is 0 Å². The summed E-state index contributed by atoms with van der Waals surface area (Å²) in [6.45, 7) is 0.633. The first-order valence-corrected chi connectivity index (χ1v) is 9.74. The van der Waals surface area contributed by atoms with E-state index in [1.807, 2.05) is 42.5 Å². The van der Waals surface area contributed by atoms with E-state index >= 15 is 0 Å². The Morgan fingerprint density at radius 3 is 2.29 bits per heavy atom. The van der Waals surface area contributed by atoms with Crippen LogP contribution in [0.5, 0.6) is 0 Å². The lowest BCUT2D eigenvalue weighted by atomic mass is 10.1. The maximum Gasteiger partial charge on any atom is 0.335 e. The van der Waals surface area contributed by atoms with Crippen LogP contribution < -0.4 is 5.32 Å². The molecule has 0 saturated heterocycles. The number of hydrogen-bond donors (Lipinski definition) is 2. The van der Waals surface area contributed by atoms with Crippen LogP contribution in [-0.2, 0) is 6.54 Å². The van der Waals surface area contributed by atoms with Gasteiger partial charge < -0.3 is 10.4 Å². The largest absolute Gasteiger partial charge is 0.478 e. The van der Waals surface area contributed by atoms with Gasteiger partial charge in [-0.15, -0.1) is 11.3 Å². The molecule has 0 amide bonds. The number of carboxylic acids is 1. The van der Waals surface area contributed by atoms with Crippen molar-refractivity contribution in [2.45, 2.75) is 6.54 Å². The summed E-state index contributed by atoms with van der Waals surface area (Å²) >= 11 is 1.64. The van der Waals surface area contributed by atoms with Gasteiger partial charge in [-0.3, -0.25) is 0 Å². The third kappa shape index (κ3) is 4.10. The van der Waals surface area contributed by atoms with Gasteiger partial charge in [0.25, 0.3) is 0 Å². The fourth-order valence-corrected chi connectivity index (χ4v) is 3.68. The molecule has 4 aromatic rings. The van der Waals surface area contributed by atoms with Gasteiger partial charge >= 0.3 is 5.97 Å². The molecule has 0 saturated carbocycles. The number of anilines is 1. The summed E-state index contributed by atoms with van der Waals surface area (Å²) in [5.74, 6) is -0.910. The van der Waals surface area contributed by atoms with Gasteiger partial charge in [0.1, 0.15) is 5.01 Å². The van der Waals surface area contributed by atoms with Crippen molar-refractivity contribution >= 4 is 23.0 Å². The van der Waals surface area contributed by atoms with Crippen LogP contribution in [0.4, 0.5) is 5.69 Å². The molecule has 0 fully saturated rings. The highest BCUT2D eigenvalue weighted by Crippen LogP contribution is 2.29. The van der Waals surface area contributed by atoms with E-state index in [9.17, 15) is 4.79 Å². The number of aromatic nitrogens is 1. The lowest BCUT2D eigenvalue weighted by molar-refractivity contribution is 0.0697. The molecule has 1 aromatic heterocycles. The van der Waals surface area contributed by atoms with Crippen molar-refractivity contribution in [2.75, 3.05) is 5.32 Å². The first-order valence-electron chi connectivity index (χ1n) is 8.86. The van der Waals surface area contributed by atoms with E-state index in [-0.39, 0.29) is 0 Å². The molecule has 0 spiro atoms. The minimum atomic E-state index is -0.910. The van der Waals surface area contributed by atoms with Gasteiger partial charge in [0, 0.05) is 28.7 Å². The zero-order valence-electron chi connectivity index (χ0n) is 15.0. The fraction of sp³-hybridized carbons (Fsp3) is 0.0435. The predicted octanol–water partition coefficient (Wildman–Crippen LogP) is 5.79. The molecule has 5 heteroatoms. The highest BCUT2D eigenvalue weighted by Gasteiger charge is 2.07. The number of thiazole rings is 1. The molecule has 0 radical (unpaired) electrons. The molecule has 4 nitrogen and oxygen atoms in total. The minimum Gasteiger partial charge on any atom is -0.478 e. The van der Waals surface area contributed by atoms with Crippen LogP contribution in [-0.4, -0.2) is 16.1 Å². The van der Waals surface area contributed by atoms with Crippen LogP contribution in [0.15, 0.2) is 84.2 Å². The Hall–Kier alpha value is -3.44. The van der Waals surface area contributed by atoms with E-state index in [4.69, 9.17) is 10.1 Å². The van der Waals surface area contributed by atoms with E-state index in [1.54, 1.807) is 23.5 Å². The standard InChI is InChI=1S/C23H18N2O2S/c26-23(27)19-8-6-16(7-9-19)14-24-20-12-10-17(11-13-20)21-15-28-22(25-21)18-4-2-1-3-5-18/h1-13,15,24H,14H2,(H,26,27). The van der Waals surface area contributed by atoms with Crippen molar-refractivity contribution in [3.63, 3.8) is 0 Å². The SMILES string of the molecule is O=C(O)c1ccc(CNc2ccc(-c3csc(-c4ccccc4)n3)cc2)cc1. The van der Waals surface area contributed by atoms with Gasteiger partial charge in [0.05, 0.1) is 11.3 Å². The number of nitrogens with one attached hydrogen (secondary N) is 1. The number of aromatic carboxylic acids is 1. The lowest BCUT2D eigenvalue weighted by Gasteiger charge is -2.07. The summed E-state index contributed by atoms with van der Waals surface area (Å²) in [7, 11) is 0. The van der Waals surface area contributed by atoms with Crippen LogP contribution in [0.25, 0.3) is 21.8 Å². The van der Waals surface area contributed by atoms with E-state index in [0.717, 1.165) is 33.1 Å². The summed E-state index contributed by atoms with van der Waals surface area (Å²) in [5, 5.41) is 15.4. The van der Waals surface area contributed by atoms with Gasteiger partial charge in [-0.25, -0.2) is 9.78 Å².